The molecule has 1 aromatic heterocycles. The molecule has 1 aromatic carbocycles. The Hall–Kier alpha value is -2.89. The second kappa shape index (κ2) is 8.53. The molecule has 0 aliphatic rings. The Morgan fingerprint density at radius 2 is 2.04 bits per heavy atom. The summed E-state index contributed by atoms with van der Waals surface area (Å²) in [6.07, 6.45) is 4.46. The molecule has 0 saturated carbocycles. The van der Waals surface area contributed by atoms with Gasteiger partial charge in [-0.2, -0.15) is 0 Å². The number of carbonyl (C=O) groups excluding carboxylic acids is 2. The maximum atomic E-state index is 13.4. The summed E-state index contributed by atoms with van der Waals surface area (Å²) in [7, 11) is 0. The van der Waals surface area contributed by atoms with E-state index in [0.717, 1.165) is 0 Å². The van der Waals surface area contributed by atoms with Gasteiger partial charge >= 0.3 is 5.97 Å². The third-order valence-corrected chi connectivity index (χ3v) is 2.95. The van der Waals surface area contributed by atoms with Crippen molar-refractivity contribution in [2.45, 2.75) is 6.42 Å². The highest BCUT2D eigenvalue weighted by atomic mass is 19.1. The second-order valence-corrected chi connectivity index (χ2v) is 4.65. The first-order chi connectivity index (χ1) is 11.1. The number of rotatable bonds is 7. The van der Waals surface area contributed by atoms with Gasteiger partial charge in [-0.3, -0.25) is 4.79 Å². The summed E-state index contributed by atoms with van der Waals surface area (Å²) >= 11 is 0. The predicted molar refractivity (Wildman–Crippen MR) is 81.8 cm³/mol. The normalized spacial score (nSPS) is 10.7. The summed E-state index contributed by atoms with van der Waals surface area (Å²) in [5.41, 5.74) is 0.520. The molecular formula is C17H16FNO4. The van der Waals surface area contributed by atoms with E-state index in [0.29, 0.717) is 17.7 Å². The van der Waals surface area contributed by atoms with Crippen molar-refractivity contribution >= 4 is 18.0 Å². The van der Waals surface area contributed by atoms with Crippen molar-refractivity contribution in [3.05, 3.63) is 65.9 Å². The molecule has 0 radical (unpaired) electrons. The lowest BCUT2D eigenvalue weighted by Crippen LogP contribution is -2.30. The van der Waals surface area contributed by atoms with Crippen LogP contribution in [0.25, 0.3) is 6.08 Å². The Kier molecular flexibility index (Phi) is 6.11. The van der Waals surface area contributed by atoms with Crippen molar-refractivity contribution < 1.29 is 23.1 Å². The Morgan fingerprint density at radius 3 is 2.78 bits per heavy atom. The van der Waals surface area contributed by atoms with Gasteiger partial charge in [-0.25, -0.2) is 9.18 Å². The zero-order valence-corrected chi connectivity index (χ0v) is 12.3. The summed E-state index contributed by atoms with van der Waals surface area (Å²) in [5, 5.41) is 2.56. The fraction of sp³-hybridized carbons (Fsp3) is 0.176. The largest absolute Gasteiger partial charge is 0.465 e. The Bertz CT molecular complexity index is 680. The van der Waals surface area contributed by atoms with E-state index >= 15 is 0 Å². The number of esters is 1. The van der Waals surface area contributed by atoms with Gasteiger partial charge in [-0.1, -0.05) is 18.2 Å². The smallest absolute Gasteiger partial charge is 0.331 e. The zero-order valence-electron chi connectivity index (χ0n) is 12.3. The van der Waals surface area contributed by atoms with E-state index in [1.165, 1.54) is 24.5 Å². The van der Waals surface area contributed by atoms with Crippen molar-refractivity contribution in [1.29, 1.82) is 0 Å². The van der Waals surface area contributed by atoms with Crippen LogP contribution in [-0.4, -0.2) is 25.0 Å². The topological polar surface area (TPSA) is 68.5 Å². The average Bonchev–Trinajstić information content (AvgIpc) is 3.06. The van der Waals surface area contributed by atoms with Gasteiger partial charge < -0.3 is 14.5 Å². The lowest BCUT2D eigenvalue weighted by atomic mass is 10.1. The van der Waals surface area contributed by atoms with E-state index in [2.05, 4.69) is 5.32 Å². The van der Waals surface area contributed by atoms with Crippen LogP contribution in [0, 0.1) is 5.82 Å². The van der Waals surface area contributed by atoms with Crippen LogP contribution in [0.1, 0.15) is 11.3 Å². The summed E-state index contributed by atoms with van der Waals surface area (Å²) in [5.74, 6) is -0.890. The predicted octanol–water partition coefficient (Wildman–Crippen LogP) is 2.33. The van der Waals surface area contributed by atoms with Gasteiger partial charge in [0.15, 0.2) is 6.61 Å². The highest BCUT2D eigenvalue weighted by molar-refractivity contribution is 5.88. The molecule has 2 aromatic rings. The first-order valence-electron chi connectivity index (χ1n) is 7.03. The van der Waals surface area contributed by atoms with Gasteiger partial charge in [-0.15, -0.1) is 0 Å². The molecule has 1 amide bonds. The third-order valence-electron chi connectivity index (χ3n) is 2.95. The fourth-order valence-electron chi connectivity index (χ4n) is 1.81. The quantitative estimate of drug-likeness (QED) is 0.628. The molecule has 0 atom stereocenters. The van der Waals surface area contributed by atoms with Gasteiger partial charge in [0, 0.05) is 12.6 Å². The molecule has 1 N–H and O–H groups in total. The van der Waals surface area contributed by atoms with Crippen molar-refractivity contribution in [1.82, 2.24) is 5.32 Å². The number of hydrogen-bond donors (Lipinski definition) is 1. The SMILES string of the molecule is O=C(COC(=O)/C=C/c1ccco1)NCCc1ccccc1F. The fourth-order valence-corrected chi connectivity index (χ4v) is 1.81. The molecule has 2 rings (SSSR count). The number of carbonyl (C=O) groups is 2. The number of ether oxygens (including phenoxy) is 1. The number of nitrogens with one attached hydrogen (secondary N) is 1. The molecule has 120 valence electrons. The van der Waals surface area contributed by atoms with Crippen LogP contribution in [0.3, 0.4) is 0 Å². The Balaban J connectivity index is 1.65. The second-order valence-electron chi connectivity index (χ2n) is 4.65. The summed E-state index contributed by atoms with van der Waals surface area (Å²) in [6.45, 7) is -0.127. The molecule has 5 nitrogen and oxygen atoms in total. The van der Waals surface area contributed by atoms with Crippen molar-refractivity contribution in [2.75, 3.05) is 13.2 Å². The molecule has 6 heteroatoms. The zero-order chi connectivity index (χ0) is 16.5. The van der Waals surface area contributed by atoms with Gasteiger partial charge in [-0.05, 0) is 36.3 Å². The molecule has 0 fully saturated rings. The monoisotopic (exact) mass is 317 g/mol. The molecular weight excluding hydrogens is 301 g/mol. The van der Waals surface area contributed by atoms with E-state index in [9.17, 15) is 14.0 Å². The van der Waals surface area contributed by atoms with Gasteiger partial charge in [0.25, 0.3) is 5.91 Å². The first-order valence-corrected chi connectivity index (χ1v) is 7.03. The summed E-state index contributed by atoms with van der Waals surface area (Å²) < 4.78 is 23.2. The van der Waals surface area contributed by atoms with Gasteiger partial charge in [0.1, 0.15) is 11.6 Å². The minimum absolute atomic E-state index is 0.263. The Morgan fingerprint density at radius 1 is 1.22 bits per heavy atom. The lowest BCUT2D eigenvalue weighted by Gasteiger charge is -2.06. The van der Waals surface area contributed by atoms with Gasteiger partial charge in [0.05, 0.1) is 6.26 Å². The maximum absolute atomic E-state index is 13.4. The van der Waals surface area contributed by atoms with Crippen LogP contribution in [0.2, 0.25) is 0 Å². The van der Waals surface area contributed by atoms with Crippen LogP contribution in [0.15, 0.2) is 53.2 Å². The van der Waals surface area contributed by atoms with Crippen LogP contribution in [0.4, 0.5) is 4.39 Å². The molecule has 0 bridgehead atoms. The molecule has 0 saturated heterocycles. The van der Waals surface area contributed by atoms with Crippen LogP contribution in [-0.2, 0) is 20.7 Å². The minimum Gasteiger partial charge on any atom is -0.465 e. The van der Waals surface area contributed by atoms with Crippen LogP contribution < -0.4 is 5.32 Å². The van der Waals surface area contributed by atoms with E-state index < -0.39 is 18.5 Å². The van der Waals surface area contributed by atoms with Crippen molar-refractivity contribution in [3.8, 4) is 0 Å². The molecule has 0 unspecified atom stereocenters. The van der Waals surface area contributed by atoms with E-state index in [1.807, 2.05) is 0 Å². The van der Waals surface area contributed by atoms with E-state index in [4.69, 9.17) is 9.15 Å². The summed E-state index contributed by atoms with van der Waals surface area (Å²) in [4.78, 5) is 22.9. The van der Waals surface area contributed by atoms with Crippen LogP contribution in [0.5, 0.6) is 0 Å². The number of hydrogen-bond acceptors (Lipinski definition) is 4. The molecule has 1 heterocycles. The first kappa shape index (κ1) is 16.5. The highest BCUT2D eigenvalue weighted by Crippen LogP contribution is 2.06. The Labute approximate surface area is 132 Å². The lowest BCUT2D eigenvalue weighted by molar-refractivity contribution is -0.143. The molecule has 0 aliphatic carbocycles. The molecule has 23 heavy (non-hydrogen) atoms. The van der Waals surface area contributed by atoms with E-state index in [1.54, 1.807) is 30.3 Å². The number of furan rings is 1. The summed E-state index contributed by atoms with van der Waals surface area (Å²) in [6, 6.07) is 9.72. The standard InChI is InChI=1S/C17H16FNO4/c18-15-6-2-1-4-13(15)9-10-19-16(20)12-23-17(21)8-7-14-5-3-11-22-14/h1-8,11H,9-10,12H2,(H,19,20)/b8-7+. The van der Waals surface area contributed by atoms with Crippen LogP contribution >= 0.6 is 0 Å². The van der Waals surface area contributed by atoms with Crippen molar-refractivity contribution in [3.63, 3.8) is 0 Å². The minimum atomic E-state index is -0.648. The molecule has 0 spiro atoms. The average molecular weight is 317 g/mol. The molecule has 0 aliphatic heterocycles. The number of amides is 1. The maximum Gasteiger partial charge on any atom is 0.331 e. The highest BCUT2D eigenvalue weighted by Gasteiger charge is 2.06. The number of halogens is 1. The third kappa shape index (κ3) is 5.78. The van der Waals surface area contributed by atoms with Crippen molar-refractivity contribution in [2.24, 2.45) is 0 Å². The van der Waals surface area contributed by atoms with E-state index in [-0.39, 0.29) is 12.4 Å². The number of benzene rings is 1. The van der Waals surface area contributed by atoms with Gasteiger partial charge in [0.2, 0.25) is 0 Å².